The normalized spacial score (nSPS) is 11.8. The third-order valence-corrected chi connectivity index (χ3v) is 2.30. The van der Waals surface area contributed by atoms with Crippen molar-refractivity contribution in [2.24, 2.45) is 0 Å². The molecular formula is C12H10ClF3O4. The summed E-state index contributed by atoms with van der Waals surface area (Å²) in [6.45, 7) is -1.08. The molecule has 1 rings (SSSR count). The van der Waals surface area contributed by atoms with Crippen molar-refractivity contribution in [1.82, 2.24) is 0 Å². The van der Waals surface area contributed by atoms with E-state index in [1.54, 1.807) is 6.07 Å². The Morgan fingerprint density at radius 1 is 1.35 bits per heavy atom. The molecule has 0 unspecified atom stereocenters. The number of para-hydroxylation sites is 1. The molecule has 0 aliphatic rings. The quantitative estimate of drug-likeness (QED) is 0.646. The topological polar surface area (TPSA) is 55.8 Å². The standard InChI is InChI=1S/C12H10ClF3O4/c13-9-3-1-2-8(4-5-10(17)18)11(9)19-6-7-20-12(14,15)16/h1-5H,6-7H2,(H,17,18)/b5-4+. The first-order valence-corrected chi connectivity index (χ1v) is 5.70. The van der Waals surface area contributed by atoms with Crippen molar-refractivity contribution in [3.05, 3.63) is 34.9 Å². The number of hydrogen-bond donors (Lipinski definition) is 1. The molecule has 110 valence electrons. The monoisotopic (exact) mass is 310 g/mol. The van der Waals surface area contributed by atoms with Crippen LogP contribution in [0.5, 0.6) is 5.75 Å². The molecule has 0 aromatic heterocycles. The lowest BCUT2D eigenvalue weighted by Gasteiger charge is -2.12. The molecule has 0 saturated heterocycles. The maximum Gasteiger partial charge on any atom is 0.522 e. The third kappa shape index (κ3) is 5.94. The summed E-state index contributed by atoms with van der Waals surface area (Å²) in [4.78, 5) is 10.4. The van der Waals surface area contributed by atoms with E-state index in [4.69, 9.17) is 21.4 Å². The van der Waals surface area contributed by atoms with E-state index in [-0.39, 0.29) is 17.4 Å². The number of alkyl halides is 3. The van der Waals surface area contributed by atoms with Gasteiger partial charge in [0.25, 0.3) is 0 Å². The minimum Gasteiger partial charge on any atom is -0.489 e. The second-order valence-corrected chi connectivity index (χ2v) is 3.88. The molecule has 0 spiro atoms. The predicted octanol–water partition coefficient (Wildman–Crippen LogP) is 3.35. The second-order valence-electron chi connectivity index (χ2n) is 3.47. The zero-order chi connectivity index (χ0) is 15.2. The molecule has 20 heavy (non-hydrogen) atoms. The van der Waals surface area contributed by atoms with Gasteiger partial charge in [-0.15, -0.1) is 13.2 Å². The summed E-state index contributed by atoms with van der Waals surface area (Å²) in [5, 5.41) is 8.69. The van der Waals surface area contributed by atoms with Gasteiger partial charge in [-0.1, -0.05) is 23.7 Å². The largest absolute Gasteiger partial charge is 0.522 e. The highest BCUT2D eigenvalue weighted by Crippen LogP contribution is 2.29. The Labute approximate surface area is 117 Å². The Kier molecular flexibility index (Phi) is 5.84. The number of aliphatic carboxylic acids is 1. The maximum absolute atomic E-state index is 11.8. The fraction of sp³-hybridized carbons (Fsp3) is 0.250. The van der Waals surface area contributed by atoms with Crippen LogP contribution in [0.15, 0.2) is 24.3 Å². The lowest BCUT2D eigenvalue weighted by Crippen LogP contribution is -2.18. The molecule has 0 heterocycles. The van der Waals surface area contributed by atoms with E-state index in [9.17, 15) is 18.0 Å². The Hall–Kier alpha value is -1.73. The van der Waals surface area contributed by atoms with Gasteiger partial charge in [0.1, 0.15) is 12.4 Å². The summed E-state index contributed by atoms with van der Waals surface area (Å²) in [6.07, 6.45) is -2.63. The molecule has 0 amide bonds. The molecule has 0 aliphatic heterocycles. The van der Waals surface area contributed by atoms with E-state index in [1.165, 1.54) is 18.2 Å². The van der Waals surface area contributed by atoms with Crippen LogP contribution in [0, 0.1) is 0 Å². The summed E-state index contributed by atoms with van der Waals surface area (Å²) >= 11 is 5.84. The van der Waals surface area contributed by atoms with E-state index >= 15 is 0 Å². The van der Waals surface area contributed by atoms with E-state index in [2.05, 4.69) is 4.74 Å². The summed E-state index contributed by atoms with van der Waals surface area (Å²) in [7, 11) is 0. The van der Waals surface area contributed by atoms with Gasteiger partial charge in [0, 0.05) is 11.6 Å². The fourth-order valence-electron chi connectivity index (χ4n) is 1.27. The lowest BCUT2D eigenvalue weighted by atomic mass is 10.2. The average molecular weight is 311 g/mol. The summed E-state index contributed by atoms with van der Waals surface area (Å²) < 4.78 is 44.0. The molecule has 0 aliphatic carbocycles. The number of hydrogen-bond acceptors (Lipinski definition) is 3. The summed E-state index contributed by atoms with van der Waals surface area (Å²) in [5.41, 5.74) is 0.340. The van der Waals surface area contributed by atoms with Crippen LogP contribution < -0.4 is 4.74 Å². The van der Waals surface area contributed by atoms with Crippen LogP contribution in [-0.4, -0.2) is 30.7 Å². The van der Waals surface area contributed by atoms with Gasteiger partial charge in [0.2, 0.25) is 0 Å². The molecule has 1 N–H and O–H groups in total. The second kappa shape index (κ2) is 7.16. The molecular weight excluding hydrogens is 301 g/mol. The smallest absolute Gasteiger partial charge is 0.489 e. The van der Waals surface area contributed by atoms with Crippen LogP contribution in [0.1, 0.15) is 5.56 Å². The van der Waals surface area contributed by atoms with Crippen molar-refractivity contribution in [1.29, 1.82) is 0 Å². The highest BCUT2D eigenvalue weighted by Gasteiger charge is 2.28. The minimum absolute atomic E-state index is 0.0949. The van der Waals surface area contributed by atoms with Crippen molar-refractivity contribution in [2.45, 2.75) is 6.36 Å². The lowest BCUT2D eigenvalue weighted by molar-refractivity contribution is -0.325. The first-order chi connectivity index (χ1) is 9.29. The minimum atomic E-state index is -4.73. The zero-order valence-corrected chi connectivity index (χ0v) is 10.7. The number of rotatable bonds is 6. The fourth-order valence-corrected chi connectivity index (χ4v) is 1.51. The van der Waals surface area contributed by atoms with Gasteiger partial charge in [0.05, 0.1) is 11.6 Å². The third-order valence-electron chi connectivity index (χ3n) is 2.00. The van der Waals surface area contributed by atoms with Crippen LogP contribution >= 0.6 is 11.6 Å². The van der Waals surface area contributed by atoms with Gasteiger partial charge < -0.3 is 9.84 Å². The highest BCUT2D eigenvalue weighted by atomic mass is 35.5. The molecule has 0 fully saturated rings. The van der Waals surface area contributed by atoms with E-state index < -0.39 is 18.9 Å². The number of carboxylic acids is 1. The maximum atomic E-state index is 11.8. The van der Waals surface area contributed by atoms with Crippen LogP contribution in [0.25, 0.3) is 6.08 Å². The molecule has 4 nitrogen and oxygen atoms in total. The molecule has 0 atom stereocenters. The number of benzene rings is 1. The molecule has 8 heteroatoms. The van der Waals surface area contributed by atoms with Crippen molar-refractivity contribution >= 4 is 23.6 Å². The molecule has 0 bridgehead atoms. The first kappa shape index (κ1) is 16.3. The van der Waals surface area contributed by atoms with E-state index in [0.29, 0.717) is 5.56 Å². The summed E-state index contributed by atoms with van der Waals surface area (Å²) in [5.74, 6) is -1.08. The highest BCUT2D eigenvalue weighted by molar-refractivity contribution is 6.32. The predicted molar refractivity (Wildman–Crippen MR) is 65.6 cm³/mol. The molecule has 0 radical (unpaired) electrons. The van der Waals surface area contributed by atoms with Gasteiger partial charge in [-0.2, -0.15) is 0 Å². The van der Waals surface area contributed by atoms with Gasteiger partial charge in [-0.25, -0.2) is 4.79 Å². The first-order valence-electron chi connectivity index (χ1n) is 5.32. The zero-order valence-electron chi connectivity index (χ0n) is 9.98. The van der Waals surface area contributed by atoms with Crippen molar-refractivity contribution in [3.63, 3.8) is 0 Å². The molecule has 1 aromatic rings. The number of carboxylic acid groups (broad SMARTS) is 1. The molecule has 0 saturated carbocycles. The number of carbonyl (C=O) groups is 1. The van der Waals surface area contributed by atoms with Gasteiger partial charge >= 0.3 is 12.3 Å². The van der Waals surface area contributed by atoms with Crippen LogP contribution in [0.3, 0.4) is 0 Å². The van der Waals surface area contributed by atoms with Crippen LogP contribution in [0.4, 0.5) is 13.2 Å². The van der Waals surface area contributed by atoms with Crippen LogP contribution in [-0.2, 0) is 9.53 Å². The molecule has 1 aromatic carbocycles. The Bertz CT molecular complexity index is 500. The van der Waals surface area contributed by atoms with Crippen LogP contribution in [0.2, 0.25) is 5.02 Å². The number of halogens is 4. The number of ether oxygens (including phenoxy) is 2. The Morgan fingerprint density at radius 2 is 2.05 bits per heavy atom. The Balaban J connectivity index is 2.71. The van der Waals surface area contributed by atoms with E-state index in [0.717, 1.165) is 6.08 Å². The van der Waals surface area contributed by atoms with Crippen molar-refractivity contribution in [3.8, 4) is 5.75 Å². The van der Waals surface area contributed by atoms with E-state index in [1.807, 2.05) is 0 Å². The van der Waals surface area contributed by atoms with Gasteiger partial charge in [-0.05, 0) is 12.1 Å². The SMILES string of the molecule is O=C(O)/C=C/c1cccc(Cl)c1OCCOC(F)(F)F. The van der Waals surface area contributed by atoms with Gasteiger partial charge in [-0.3, -0.25) is 4.74 Å². The van der Waals surface area contributed by atoms with Crippen molar-refractivity contribution in [2.75, 3.05) is 13.2 Å². The van der Waals surface area contributed by atoms with Gasteiger partial charge in [0.15, 0.2) is 0 Å². The average Bonchev–Trinajstić information content (AvgIpc) is 2.32. The van der Waals surface area contributed by atoms with Crippen molar-refractivity contribution < 1.29 is 32.5 Å². The Morgan fingerprint density at radius 3 is 2.65 bits per heavy atom. The summed E-state index contributed by atoms with van der Waals surface area (Å²) in [6, 6.07) is 4.55.